The molecule has 1 atom stereocenters. The van der Waals surface area contributed by atoms with Gasteiger partial charge in [-0.3, -0.25) is 0 Å². The van der Waals surface area contributed by atoms with Gasteiger partial charge < -0.3 is 10.2 Å². The number of nitrogens with zero attached hydrogens (tertiary/aromatic N) is 1. The van der Waals surface area contributed by atoms with Crippen LogP contribution >= 0.6 is 0 Å². The van der Waals surface area contributed by atoms with Crippen LogP contribution in [0.25, 0.3) is 0 Å². The SMILES string of the molecule is CCCNC(CCN(C)CC)C(C)(C)C. The molecule has 2 nitrogen and oxygen atoms in total. The monoisotopic (exact) mass is 214 g/mol. The lowest BCUT2D eigenvalue weighted by atomic mass is 9.84. The maximum Gasteiger partial charge on any atom is 0.0128 e. The third-order valence-corrected chi connectivity index (χ3v) is 3.03. The summed E-state index contributed by atoms with van der Waals surface area (Å²) in [6.45, 7) is 14.9. The smallest absolute Gasteiger partial charge is 0.0128 e. The van der Waals surface area contributed by atoms with E-state index in [1.54, 1.807) is 0 Å². The van der Waals surface area contributed by atoms with Gasteiger partial charge in [0.1, 0.15) is 0 Å². The predicted molar refractivity (Wildman–Crippen MR) is 69.3 cm³/mol. The summed E-state index contributed by atoms with van der Waals surface area (Å²) in [6.07, 6.45) is 2.46. The quantitative estimate of drug-likeness (QED) is 0.701. The second-order valence-corrected chi connectivity index (χ2v) is 5.56. The topological polar surface area (TPSA) is 15.3 Å². The maximum atomic E-state index is 3.66. The Bertz CT molecular complexity index is 149. The Hall–Kier alpha value is -0.0800. The third-order valence-electron chi connectivity index (χ3n) is 3.03. The van der Waals surface area contributed by atoms with E-state index in [0.717, 1.165) is 13.1 Å². The van der Waals surface area contributed by atoms with Crippen molar-refractivity contribution in [3.8, 4) is 0 Å². The first-order valence-electron chi connectivity index (χ1n) is 6.33. The van der Waals surface area contributed by atoms with Crippen LogP contribution in [-0.2, 0) is 0 Å². The van der Waals surface area contributed by atoms with Crippen LogP contribution < -0.4 is 5.32 Å². The number of nitrogens with one attached hydrogen (secondary N) is 1. The average Bonchev–Trinajstić information content (AvgIpc) is 2.15. The highest BCUT2D eigenvalue weighted by Crippen LogP contribution is 2.21. The molecule has 1 unspecified atom stereocenters. The van der Waals surface area contributed by atoms with E-state index in [9.17, 15) is 0 Å². The van der Waals surface area contributed by atoms with Crippen molar-refractivity contribution in [3.05, 3.63) is 0 Å². The molecule has 0 heterocycles. The van der Waals surface area contributed by atoms with E-state index in [1.807, 2.05) is 0 Å². The molecule has 0 bridgehead atoms. The van der Waals surface area contributed by atoms with Gasteiger partial charge in [0.2, 0.25) is 0 Å². The molecule has 0 saturated carbocycles. The van der Waals surface area contributed by atoms with Crippen molar-refractivity contribution in [2.75, 3.05) is 26.7 Å². The van der Waals surface area contributed by atoms with Crippen molar-refractivity contribution < 1.29 is 0 Å². The van der Waals surface area contributed by atoms with Gasteiger partial charge in [-0.1, -0.05) is 34.6 Å². The van der Waals surface area contributed by atoms with Crippen LogP contribution in [0.4, 0.5) is 0 Å². The van der Waals surface area contributed by atoms with Crippen molar-refractivity contribution in [2.45, 2.75) is 53.5 Å². The van der Waals surface area contributed by atoms with Crippen molar-refractivity contribution in [1.82, 2.24) is 10.2 Å². The van der Waals surface area contributed by atoms with Crippen molar-refractivity contribution >= 4 is 0 Å². The molecular formula is C13H30N2. The standard InChI is InChI=1S/C13H30N2/c1-7-10-14-12(13(3,4)5)9-11-15(6)8-2/h12,14H,7-11H2,1-6H3. The zero-order valence-corrected chi connectivity index (χ0v) is 11.6. The summed E-state index contributed by atoms with van der Waals surface area (Å²) >= 11 is 0. The average molecular weight is 214 g/mol. The van der Waals surface area contributed by atoms with E-state index in [1.165, 1.54) is 19.4 Å². The number of hydrogen-bond donors (Lipinski definition) is 1. The van der Waals surface area contributed by atoms with Crippen LogP contribution in [0.3, 0.4) is 0 Å². The van der Waals surface area contributed by atoms with Gasteiger partial charge >= 0.3 is 0 Å². The Kier molecular flexibility index (Phi) is 7.20. The highest BCUT2D eigenvalue weighted by atomic mass is 15.1. The summed E-state index contributed by atoms with van der Waals surface area (Å²) in [4.78, 5) is 2.38. The fourth-order valence-corrected chi connectivity index (χ4v) is 1.67. The Morgan fingerprint density at radius 2 is 1.80 bits per heavy atom. The lowest BCUT2D eigenvalue weighted by Gasteiger charge is -2.33. The van der Waals surface area contributed by atoms with Crippen molar-refractivity contribution in [2.24, 2.45) is 5.41 Å². The summed E-state index contributed by atoms with van der Waals surface area (Å²) in [5, 5.41) is 3.66. The fourth-order valence-electron chi connectivity index (χ4n) is 1.67. The molecule has 0 aliphatic carbocycles. The lowest BCUT2D eigenvalue weighted by molar-refractivity contribution is 0.225. The van der Waals surface area contributed by atoms with E-state index >= 15 is 0 Å². The van der Waals surface area contributed by atoms with E-state index in [4.69, 9.17) is 0 Å². The summed E-state index contributed by atoms with van der Waals surface area (Å²) in [5.41, 5.74) is 0.365. The highest BCUT2D eigenvalue weighted by Gasteiger charge is 2.23. The number of hydrogen-bond acceptors (Lipinski definition) is 2. The van der Waals surface area contributed by atoms with Crippen LogP contribution in [-0.4, -0.2) is 37.6 Å². The first-order valence-corrected chi connectivity index (χ1v) is 6.33. The molecule has 0 aliphatic heterocycles. The fraction of sp³-hybridized carbons (Fsp3) is 1.00. The Labute approximate surface area is 96.4 Å². The van der Waals surface area contributed by atoms with E-state index < -0.39 is 0 Å². The van der Waals surface area contributed by atoms with Crippen LogP contribution in [0.15, 0.2) is 0 Å². The van der Waals surface area contributed by atoms with E-state index in [-0.39, 0.29) is 0 Å². The molecule has 2 heteroatoms. The second kappa shape index (κ2) is 7.24. The van der Waals surface area contributed by atoms with Gasteiger partial charge in [0.25, 0.3) is 0 Å². The third kappa shape index (κ3) is 6.91. The van der Waals surface area contributed by atoms with E-state index in [2.05, 4.69) is 51.9 Å². The molecular weight excluding hydrogens is 184 g/mol. The van der Waals surface area contributed by atoms with Crippen LogP contribution in [0.5, 0.6) is 0 Å². The van der Waals surface area contributed by atoms with Gasteiger partial charge in [0, 0.05) is 6.04 Å². The molecule has 0 amide bonds. The van der Waals surface area contributed by atoms with Gasteiger partial charge in [0.15, 0.2) is 0 Å². The molecule has 0 aromatic heterocycles. The minimum absolute atomic E-state index is 0.365. The molecule has 0 spiro atoms. The molecule has 0 radical (unpaired) electrons. The highest BCUT2D eigenvalue weighted by molar-refractivity contribution is 4.81. The minimum atomic E-state index is 0.365. The van der Waals surface area contributed by atoms with Gasteiger partial charge in [-0.05, 0) is 44.9 Å². The molecule has 0 aromatic carbocycles. The molecule has 0 aromatic rings. The predicted octanol–water partition coefficient (Wildman–Crippen LogP) is 2.74. The summed E-state index contributed by atoms with van der Waals surface area (Å²) in [7, 11) is 2.19. The Morgan fingerprint density at radius 1 is 1.20 bits per heavy atom. The van der Waals surface area contributed by atoms with Gasteiger partial charge in [0.05, 0.1) is 0 Å². The maximum absolute atomic E-state index is 3.66. The molecule has 0 aliphatic rings. The first kappa shape index (κ1) is 14.9. The molecule has 15 heavy (non-hydrogen) atoms. The Balaban J connectivity index is 4.02. The largest absolute Gasteiger partial charge is 0.313 e. The van der Waals surface area contributed by atoms with Gasteiger partial charge in [-0.25, -0.2) is 0 Å². The molecule has 92 valence electrons. The Morgan fingerprint density at radius 3 is 2.20 bits per heavy atom. The van der Waals surface area contributed by atoms with Crippen LogP contribution in [0, 0.1) is 5.41 Å². The summed E-state index contributed by atoms with van der Waals surface area (Å²) < 4.78 is 0. The van der Waals surface area contributed by atoms with Gasteiger partial charge in [-0.2, -0.15) is 0 Å². The lowest BCUT2D eigenvalue weighted by Crippen LogP contribution is -2.42. The van der Waals surface area contributed by atoms with Crippen molar-refractivity contribution in [3.63, 3.8) is 0 Å². The van der Waals surface area contributed by atoms with Gasteiger partial charge in [-0.15, -0.1) is 0 Å². The normalized spacial score (nSPS) is 14.6. The van der Waals surface area contributed by atoms with Crippen molar-refractivity contribution in [1.29, 1.82) is 0 Å². The summed E-state index contributed by atoms with van der Waals surface area (Å²) in [5.74, 6) is 0. The summed E-state index contributed by atoms with van der Waals surface area (Å²) in [6, 6.07) is 0.631. The van der Waals surface area contributed by atoms with Crippen LogP contribution in [0.2, 0.25) is 0 Å². The zero-order chi connectivity index (χ0) is 11.9. The molecule has 0 fully saturated rings. The molecule has 0 rings (SSSR count). The number of rotatable bonds is 7. The zero-order valence-electron chi connectivity index (χ0n) is 11.6. The first-order chi connectivity index (χ1) is 6.91. The molecule has 0 saturated heterocycles. The minimum Gasteiger partial charge on any atom is -0.313 e. The van der Waals surface area contributed by atoms with Crippen LogP contribution in [0.1, 0.15) is 47.5 Å². The molecule has 1 N–H and O–H groups in total. The van der Waals surface area contributed by atoms with E-state index in [0.29, 0.717) is 11.5 Å². The second-order valence-electron chi connectivity index (χ2n) is 5.56.